The molecule has 0 radical (unpaired) electrons. The van der Waals surface area contributed by atoms with Gasteiger partial charge in [0.1, 0.15) is 17.1 Å². The molecular formula is C34H31N5O3S. The van der Waals surface area contributed by atoms with E-state index in [4.69, 9.17) is 9.84 Å². The van der Waals surface area contributed by atoms with Gasteiger partial charge in [-0.2, -0.15) is 19.7 Å². The van der Waals surface area contributed by atoms with Crippen LogP contribution in [0.1, 0.15) is 41.8 Å². The summed E-state index contributed by atoms with van der Waals surface area (Å²) < 4.78 is 9.43. The molecule has 3 heterocycles. The number of para-hydroxylation sites is 1. The Balaban J connectivity index is 1.44. The summed E-state index contributed by atoms with van der Waals surface area (Å²) in [5.74, 6) is 1.25. The summed E-state index contributed by atoms with van der Waals surface area (Å²) in [5.41, 5.74) is 5.79. The molecule has 0 atom stereocenters. The normalized spacial score (nSPS) is 12.0. The number of aryl methyl sites for hydroxylation is 2. The zero-order valence-corrected chi connectivity index (χ0v) is 25.3. The van der Waals surface area contributed by atoms with Crippen LogP contribution in [0.25, 0.3) is 28.0 Å². The largest absolute Gasteiger partial charge is 0.493 e. The van der Waals surface area contributed by atoms with Gasteiger partial charge in [-0.25, -0.2) is 4.68 Å². The van der Waals surface area contributed by atoms with Crippen LogP contribution in [-0.4, -0.2) is 31.0 Å². The summed E-state index contributed by atoms with van der Waals surface area (Å²) in [6.45, 7) is 8.89. The van der Waals surface area contributed by atoms with Crippen LogP contribution in [-0.2, 0) is 6.42 Å². The molecule has 3 aromatic carbocycles. The van der Waals surface area contributed by atoms with Gasteiger partial charge in [0.2, 0.25) is 4.96 Å². The maximum absolute atomic E-state index is 13.5. The summed E-state index contributed by atoms with van der Waals surface area (Å²) >= 11 is 1.14. The van der Waals surface area contributed by atoms with Gasteiger partial charge in [-0.05, 0) is 67.3 Å². The van der Waals surface area contributed by atoms with Gasteiger partial charge in [-0.15, -0.1) is 0 Å². The number of thiazole rings is 1. The third-order valence-electron chi connectivity index (χ3n) is 7.01. The average Bonchev–Trinajstić information content (AvgIpc) is 3.55. The lowest BCUT2D eigenvalue weighted by Gasteiger charge is -2.12. The molecule has 6 aromatic rings. The third kappa shape index (κ3) is 6.03. The highest BCUT2D eigenvalue weighted by Crippen LogP contribution is 2.29. The standard InChI is InChI=1S/C34H31N5O3S/c1-21(2)20-42-29-15-14-25(16-23(29)4)31-26(19-38(37-31)27-8-6-5-7-9-27)18-30-33(41)39-34(43-30)35-32(40)28(36-39)17-24-12-10-22(3)11-13-24/h5-16,18-19,21H,17,20H2,1-4H3. The first-order chi connectivity index (χ1) is 20.7. The maximum atomic E-state index is 13.5. The number of hydrogen-bond donors (Lipinski definition) is 0. The first-order valence-corrected chi connectivity index (χ1v) is 15.0. The Morgan fingerprint density at radius 1 is 0.953 bits per heavy atom. The van der Waals surface area contributed by atoms with Crippen LogP contribution in [0.5, 0.6) is 5.75 Å². The van der Waals surface area contributed by atoms with Crippen molar-refractivity contribution in [3.05, 3.63) is 132 Å². The van der Waals surface area contributed by atoms with Crippen molar-refractivity contribution in [3.8, 4) is 22.7 Å². The lowest BCUT2D eigenvalue weighted by atomic mass is 10.0. The molecule has 0 bridgehead atoms. The smallest absolute Gasteiger partial charge is 0.296 e. The van der Waals surface area contributed by atoms with Crippen molar-refractivity contribution in [1.82, 2.24) is 24.4 Å². The van der Waals surface area contributed by atoms with E-state index in [1.807, 2.05) is 92.8 Å². The second-order valence-corrected chi connectivity index (χ2v) is 12.0. The van der Waals surface area contributed by atoms with Crippen LogP contribution in [0, 0.1) is 19.8 Å². The Hall–Kier alpha value is -4.89. The number of nitrogens with zero attached hydrogens (tertiary/aromatic N) is 5. The second kappa shape index (κ2) is 11.8. The van der Waals surface area contributed by atoms with E-state index in [0.29, 0.717) is 23.5 Å². The van der Waals surface area contributed by atoms with Crippen molar-refractivity contribution < 1.29 is 4.74 Å². The van der Waals surface area contributed by atoms with Crippen molar-refractivity contribution >= 4 is 22.4 Å². The molecule has 0 saturated heterocycles. The lowest BCUT2D eigenvalue weighted by molar-refractivity contribution is 0.269. The van der Waals surface area contributed by atoms with Gasteiger partial charge in [-0.1, -0.05) is 73.2 Å². The van der Waals surface area contributed by atoms with Gasteiger partial charge < -0.3 is 4.74 Å². The third-order valence-corrected chi connectivity index (χ3v) is 7.97. The van der Waals surface area contributed by atoms with E-state index in [1.165, 1.54) is 4.52 Å². The van der Waals surface area contributed by atoms with Gasteiger partial charge in [0.15, 0.2) is 0 Å². The van der Waals surface area contributed by atoms with E-state index in [0.717, 1.165) is 56.3 Å². The van der Waals surface area contributed by atoms with E-state index in [2.05, 4.69) is 23.9 Å². The van der Waals surface area contributed by atoms with Crippen molar-refractivity contribution in [3.63, 3.8) is 0 Å². The molecule has 43 heavy (non-hydrogen) atoms. The molecule has 0 fully saturated rings. The SMILES string of the molecule is Cc1ccc(Cc2nn3c(=O)c(=Cc4cn(-c5ccccc5)nc4-c4ccc(OCC(C)C)c(C)c4)sc3nc2=O)cc1. The summed E-state index contributed by atoms with van der Waals surface area (Å²) in [7, 11) is 0. The number of benzene rings is 3. The number of rotatable bonds is 8. The zero-order valence-electron chi connectivity index (χ0n) is 24.4. The topological polar surface area (TPSA) is 91.4 Å². The molecule has 0 aliphatic heterocycles. The molecular weight excluding hydrogens is 558 g/mol. The van der Waals surface area contributed by atoms with Crippen LogP contribution in [0.15, 0.2) is 88.6 Å². The molecule has 216 valence electrons. The van der Waals surface area contributed by atoms with Crippen molar-refractivity contribution in [1.29, 1.82) is 0 Å². The molecule has 6 rings (SSSR count). The Bertz CT molecular complexity index is 2100. The highest BCUT2D eigenvalue weighted by Gasteiger charge is 2.16. The number of fused-ring (bicyclic) bond motifs is 1. The van der Waals surface area contributed by atoms with Crippen molar-refractivity contribution in [2.75, 3.05) is 6.61 Å². The molecule has 0 saturated carbocycles. The lowest BCUT2D eigenvalue weighted by Crippen LogP contribution is -2.28. The molecule has 0 amide bonds. The highest BCUT2D eigenvalue weighted by atomic mass is 32.1. The van der Waals surface area contributed by atoms with E-state index in [9.17, 15) is 9.59 Å². The second-order valence-electron chi connectivity index (χ2n) is 11.0. The average molecular weight is 590 g/mol. The Morgan fingerprint density at radius 2 is 1.72 bits per heavy atom. The summed E-state index contributed by atoms with van der Waals surface area (Å²) in [6, 6.07) is 23.7. The van der Waals surface area contributed by atoms with Gasteiger partial charge in [0.05, 0.1) is 16.8 Å². The van der Waals surface area contributed by atoms with E-state index >= 15 is 0 Å². The van der Waals surface area contributed by atoms with Gasteiger partial charge in [0, 0.05) is 23.7 Å². The molecule has 0 N–H and O–H groups in total. The molecule has 9 heteroatoms. The Kier molecular flexibility index (Phi) is 7.73. The first-order valence-electron chi connectivity index (χ1n) is 14.1. The predicted octanol–water partition coefficient (Wildman–Crippen LogP) is 5.15. The summed E-state index contributed by atoms with van der Waals surface area (Å²) in [5, 5.41) is 9.34. The predicted molar refractivity (Wildman–Crippen MR) is 170 cm³/mol. The zero-order chi connectivity index (χ0) is 30.1. The minimum Gasteiger partial charge on any atom is -0.493 e. The quantitative estimate of drug-likeness (QED) is 0.244. The van der Waals surface area contributed by atoms with E-state index < -0.39 is 5.56 Å². The fourth-order valence-corrected chi connectivity index (χ4v) is 5.63. The highest BCUT2D eigenvalue weighted by molar-refractivity contribution is 7.15. The maximum Gasteiger partial charge on any atom is 0.296 e. The van der Waals surface area contributed by atoms with E-state index in [1.54, 1.807) is 10.8 Å². The van der Waals surface area contributed by atoms with E-state index in [-0.39, 0.29) is 16.2 Å². The van der Waals surface area contributed by atoms with Crippen LogP contribution < -0.4 is 20.4 Å². The Morgan fingerprint density at radius 3 is 2.44 bits per heavy atom. The van der Waals surface area contributed by atoms with Crippen LogP contribution in [0.3, 0.4) is 0 Å². The van der Waals surface area contributed by atoms with Crippen molar-refractivity contribution in [2.24, 2.45) is 5.92 Å². The van der Waals surface area contributed by atoms with Crippen LogP contribution in [0.4, 0.5) is 0 Å². The summed E-state index contributed by atoms with van der Waals surface area (Å²) in [4.78, 5) is 30.8. The fourth-order valence-electron chi connectivity index (χ4n) is 4.74. The minimum atomic E-state index is -0.429. The van der Waals surface area contributed by atoms with Gasteiger partial charge in [0.25, 0.3) is 11.1 Å². The van der Waals surface area contributed by atoms with Crippen LogP contribution >= 0.6 is 11.3 Å². The van der Waals surface area contributed by atoms with Crippen LogP contribution in [0.2, 0.25) is 0 Å². The van der Waals surface area contributed by atoms with Crippen molar-refractivity contribution in [2.45, 2.75) is 34.1 Å². The molecule has 0 aliphatic rings. The molecule has 3 aromatic heterocycles. The number of ether oxygens (including phenoxy) is 1. The Labute approximate surface area is 252 Å². The van der Waals surface area contributed by atoms with Gasteiger partial charge in [-0.3, -0.25) is 9.59 Å². The monoisotopic (exact) mass is 589 g/mol. The van der Waals surface area contributed by atoms with Gasteiger partial charge >= 0.3 is 0 Å². The molecule has 8 nitrogen and oxygen atoms in total. The minimum absolute atomic E-state index is 0.232. The molecule has 0 unspecified atom stereocenters. The molecule has 0 aliphatic carbocycles. The number of aromatic nitrogens is 5. The summed E-state index contributed by atoms with van der Waals surface area (Å²) in [6.07, 6.45) is 4.00. The molecule has 0 spiro atoms. The fraction of sp³-hybridized carbons (Fsp3) is 0.206. The number of hydrogen-bond acceptors (Lipinski definition) is 7. The first kappa shape index (κ1) is 28.2.